The molecule has 0 atom stereocenters. The Hall–Kier alpha value is -2.99. The summed E-state index contributed by atoms with van der Waals surface area (Å²) >= 11 is 1.54. The molecule has 0 aliphatic rings. The highest BCUT2D eigenvalue weighted by Crippen LogP contribution is 2.22. The Morgan fingerprint density at radius 1 is 1.15 bits per heavy atom. The van der Waals surface area contributed by atoms with E-state index in [4.69, 9.17) is 0 Å². The zero-order chi connectivity index (χ0) is 18.4. The summed E-state index contributed by atoms with van der Waals surface area (Å²) in [7, 11) is 2.03. The van der Waals surface area contributed by atoms with Gasteiger partial charge in [-0.15, -0.1) is 11.3 Å². The fraction of sp³-hybridized carbons (Fsp3) is 0.150. The minimum atomic E-state index is -0.174. The number of aryl methyl sites for hydroxylation is 1. The van der Waals surface area contributed by atoms with E-state index in [1.54, 1.807) is 6.21 Å². The van der Waals surface area contributed by atoms with Gasteiger partial charge in [-0.05, 0) is 36.8 Å². The number of carbonyl (C=O) groups excluding carboxylic acids is 1. The van der Waals surface area contributed by atoms with Crippen LogP contribution < -0.4 is 10.3 Å². The van der Waals surface area contributed by atoms with Gasteiger partial charge in [0.25, 0.3) is 0 Å². The molecule has 1 heterocycles. The van der Waals surface area contributed by atoms with Crippen molar-refractivity contribution in [2.45, 2.75) is 13.3 Å². The van der Waals surface area contributed by atoms with E-state index in [1.165, 1.54) is 11.3 Å². The number of para-hydroxylation sites is 1. The summed E-state index contributed by atoms with van der Waals surface area (Å²) in [6.07, 6.45) is 1.87. The van der Waals surface area contributed by atoms with Gasteiger partial charge in [0.2, 0.25) is 5.91 Å². The topological polar surface area (TPSA) is 57.6 Å². The van der Waals surface area contributed by atoms with Crippen LogP contribution >= 0.6 is 11.3 Å². The number of rotatable bonds is 6. The van der Waals surface area contributed by atoms with Crippen LogP contribution in [0.5, 0.6) is 0 Å². The third-order valence-corrected chi connectivity index (χ3v) is 4.66. The molecule has 132 valence electrons. The smallest absolute Gasteiger partial charge is 0.246 e. The van der Waals surface area contributed by atoms with E-state index < -0.39 is 0 Å². The summed E-state index contributed by atoms with van der Waals surface area (Å²) in [5.41, 5.74) is 6.43. The number of anilines is 2. The SMILES string of the molecule is Cc1nc(CC(=O)NN=Cc2ccc(N(C)c3ccccc3)cc2)cs1. The number of aromatic nitrogens is 1. The molecule has 0 fully saturated rings. The lowest BCUT2D eigenvalue weighted by Gasteiger charge is -2.19. The van der Waals surface area contributed by atoms with Gasteiger partial charge in [-0.3, -0.25) is 4.79 Å². The number of nitrogens with zero attached hydrogens (tertiary/aromatic N) is 3. The summed E-state index contributed by atoms with van der Waals surface area (Å²) < 4.78 is 0. The molecule has 3 aromatic rings. The Labute approximate surface area is 157 Å². The summed E-state index contributed by atoms with van der Waals surface area (Å²) in [6, 6.07) is 18.1. The van der Waals surface area contributed by atoms with Crippen LogP contribution in [0.2, 0.25) is 0 Å². The Morgan fingerprint density at radius 3 is 2.50 bits per heavy atom. The van der Waals surface area contributed by atoms with Gasteiger partial charge in [0.05, 0.1) is 23.3 Å². The largest absolute Gasteiger partial charge is 0.345 e. The fourth-order valence-corrected chi connectivity index (χ4v) is 3.07. The van der Waals surface area contributed by atoms with Gasteiger partial charge >= 0.3 is 0 Å². The molecule has 0 aliphatic carbocycles. The normalized spacial score (nSPS) is 10.8. The molecule has 1 aromatic heterocycles. The molecule has 0 saturated heterocycles. The third kappa shape index (κ3) is 4.77. The van der Waals surface area contributed by atoms with E-state index in [0.29, 0.717) is 0 Å². The summed E-state index contributed by atoms with van der Waals surface area (Å²) in [5.74, 6) is -0.174. The first-order chi connectivity index (χ1) is 12.6. The van der Waals surface area contributed by atoms with Crippen molar-refractivity contribution in [2.75, 3.05) is 11.9 Å². The van der Waals surface area contributed by atoms with Crippen molar-refractivity contribution in [1.29, 1.82) is 0 Å². The number of hydrazone groups is 1. The number of nitrogens with one attached hydrogen (secondary N) is 1. The zero-order valence-electron chi connectivity index (χ0n) is 14.7. The molecule has 0 spiro atoms. The van der Waals surface area contributed by atoms with Crippen molar-refractivity contribution in [3.63, 3.8) is 0 Å². The van der Waals surface area contributed by atoms with E-state index in [2.05, 4.69) is 32.5 Å². The van der Waals surface area contributed by atoms with Gasteiger partial charge in [-0.25, -0.2) is 10.4 Å². The number of hydrogen-bond donors (Lipinski definition) is 1. The van der Waals surface area contributed by atoms with Crippen LogP contribution in [0.15, 0.2) is 65.1 Å². The van der Waals surface area contributed by atoms with Gasteiger partial charge in [-0.1, -0.05) is 30.3 Å². The molecule has 0 radical (unpaired) electrons. The predicted molar refractivity (Wildman–Crippen MR) is 107 cm³/mol. The molecular weight excluding hydrogens is 344 g/mol. The van der Waals surface area contributed by atoms with Crippen LogP contribution in [0.1, 0.15) is 16.3 Å². The van der Waals surface area contributed by atoms with Crippen molar-refractivity contribution in [1.82, 2.24) is 10.4 Å². The van der Waals surface area contributed by atoms with Gasteiger partial charge in [0, 0.05) is 23.8 Å². The van der Waals surface area contributed by atoms with E-state index >= 15 is 0 Å². The van der Waals surface area contributed by atoms with Gasteiger partial charge in [0.1, 0.15) is 0 Å². The van der Waals surface area contributed by atoms with E-state index in [1.807, 2.05) is 61.8 Å². The Balaban J connectivity index is 1.55. The maximum atomic E-state index is 11.8. The second-order valence-corrected chi connectivity index (χ2v) is 6.88. The maximum absolute atomic E-state index is 11.8. The minimum Gasteiger partial charge on any atom is -0.345 e. The van der Waals surface area contributed by atoms with Crippen LogP contribution in [-0.2, 0) is 11.2 Å². The van der Waals surface area contributed by atoms with Crippen molar-refractivity contribution in [3.8, 4) is 0 Å². The molecule has 0 bridgehead atoms. The minimum absolute atomic E-state index is 0.174. The molecule has 5 nitrogen and oxygen atoms in total. The second kappa shape index (κ2) is 8.40. The summed E-state index contributed by atoms with van der Waals surface area (Å²) in [5, 5.41) is 6.86. The number of amides is 1. The van der Waals surface area contributed by atoms with Crippen molar-refractivity contribution in [3.05, 3.63) is 76.2 Å². The second-order valence-electron chi connectivity index (χ2n) is 5.81. The number of carbonyl (C=O) groups is 1. The average Bonchev–Trinajstić information content (AvgIpc) is 3.07. The summed E-state index contributed by atoms with van der Waals surface area (Å²) in [4.78, 5) is 18.2. The number of hydrogen-bond acceptors (Lipinski definition) is 5. The fourth-order valence-electron chi connectivity index (χ4n) is 2.46. The van der Waals surface area contributed by atoms with Crippen LogP contribution in [0.4, 0.5) is 11.4 Å². The molecule has 6 heteroatoms. The van der Waals surface area contributed by atoms with E-state index in [9.17, 15) is 4.79 Å². The van der Waals surface area contributed by atoms with E-state index in [-0.39, 0.29) is 12.3 Å². The lowest BCUT2D eigenvalue weighted by atomic mass is 10.2. The maximum Gasteiger partial charge on any atom is 0.246 e. The first kappa shape index (κ1) is 17.8. The predicted octanol–water partition coefficient (Wildman–Crippen LogP) is 3.91. The first-order valence-electron chi connectivity index (χ1n) is 8.23. The van der Waals surface area contributed by atoms with Gasteiger partial charge < -0.3 is 4.90 Å². The third-order valence-electron chi connectivity index (χ3n) is 3.83. The number of thiazole rings is 1. The van der Waals surface area contributed by atoms with Crippen molar-refractivity contribution >= 4 is 34.8 Å². The summed E-state index contributed by atoms with van der Waals surface area (Å²) in [6.45, 7) is 1.92. The van der Waals surface area contributed by atoms with E-state index in [0.717, 1.165) is 27.6 Å². The van der Waals surface area contributed by atoms with Crippen LogP contribution in [0.3, 0.4) is 0 Å². The monoisotopic (exact) mass is 364 g/mol. The lowest BCUT2D eigenvalue weighted by Crippen LogP contribution is -2.19. The van der Waals surface area contributed by atoms with Crippen LogP contribution in [0, 0.1) is 6.92 Å². The molecule has 26 heavy (non-hydrogen) atoms. The Morgan fingerprint density at radius 2 is 1.85 bits per heavy atom. The lowest BCUT2D eigenvalue weighted by molar-refractivity contribution is -0.120. The van der Waals surface area contributed by atoms with Crippen molar-refractivity contribution in [2.24, 2.45) is 5.10 Å². The number of benzene rings is 2. The molecule has 3 rings (SSSR count). The molecule has 1 amide bonds. The molecular formula is C20H20N4OS. The molecule has 0 unspecified atom stereocenters. The molecule has 0 aliphatic heterocycles. The molecule has 2 aromatic carbocycles. The highest BCUT2D eigenvalue weighted by molar-refractivity contribution is 7.09. The first-order valence-corrected chi connectivity index (χ1v) is 9.11. The van der Waals surface area contributed by atoms with Gasteiger partial charge in [0.15, 0.2) is 0 Å². The average molecular weight is 364 g/mol. The Kier molecular flexibility index (Phi) is 5.76. The Bertz CT molecular complexity index is 888. The molecule has 1 N–H and O–H groups in total. The van der Waals surface area contributed by atoms with Crippen LogP contribution in [-0.4, -0.2) is 24.2 Å². The van der Waals surface area contributed by atoms with Crippen LogP contribution in [0.25, 0.3) is 0 Å². The molecule has 0 saturated carbocycles. The van der Waals surface area contributed by atoms with Gasteiger partial charge in [-0.2, -0.15) is 5.10 Å². The highest BCUT2D eigenvalue weighted by atomic mass is 32.1. The zero-order valence-corrected chi connectivity index (χ0v) is 15.5. The van der Waals surface area contributed by atoms with Crippen molar-refractivity contribution < 1.29 is 4.79 Å². The standard InChI is InChI=1S/C20H20N4OS/c1-15-22-17(14-26-15)12-20(25)23-21-13-16-8-10-19(11-9-16)24(2)18-6-4-3-5-7-18/h3-11,13-14H,12H2,1-2H3,(H,23,25). The quantitative estimate of drug-likeness (QED) is 0.533. The highest BCUT2D eigenvalue weighted by Gasteiger charge is 2.05.